The average molecular weight is 351 g/mol. The second-order valence-corrected chi connectivity index (χ2v) is 6.59. The Morgan fingerprint density at radius 2 is 1.74 bits per heavy atom. The summed E-state index contributed by atoms with van der Waals surface area (Å²) in [5.74, 6) is -0.323. The first-order chi connectivity index (χ1) is 10.3. The molecule has 0 bridgehead atoms. The lowest BCUT2D eigenvalue weighted by atomic mass is 9.90. The Balaban J connectivity index is 0.00000484. The van der Waals surface area contributed by atoms with Crippen LogP contribution in [0, 0.1) is 5.92 Å². The highest BCUT2D eigenvalue weighted by atomic mass is 35.5. The molecule has 0 aromatic heterocycles. The van der Waals surface area contributed by atoms with E-state index in [1.54, 1.807) is 21.0 Å². The first-order valence-corrected chi connectivity index (χ1v) is 8.08. The number of hydrogen-bond acceptors (Lipinski definition) is 5. The zero-order chi connectivity index (χ0) is 16.8. The van der Waals surface area contributed by atoms with Gasteiger partial charge in [-0.3, -0.25) is 4.79 Å². The number of amides is 1. The molecule has 1 heterocycles. The molecule has 1 aliphatic heterocycles. The largest absolute Gasteiger partial charge is 0.461 e. The fourth-order valence-electron chi connectivity index (χ4n) is 2.64. The number of rotatable bonds is 7. The van der Waals surface area contributed by atoms with E-state index in [1.807, 2.05) is 13.8 Å². The van der Waals surface area contributed by atoms with Crippen molar-refractivity contribution in [1.29, 1.82) is 0 Å². The van der Waals surface area contributed by atoms with E-state index >= 15 is 0 Å². The van der Waals surface area contributed by atoms with Crippen molar-refractivity contribution >= 4 is 24.3 Å². The summed E-state index contributed by atoms with van der Waals surface area (Å²) in [6.45, 7) is 9.08. The minimum atomic E-state index is -0.849. The van der Waals surface area contributed by atoms with Crippen molar-refractivity contribution in [3.8, 4) is 0 Å². The number of halogens is 1. The molecule has 0 aromatic rings. The molecule has 0 aliphatic carbocycles. The first kappa shape index (κ1) is 22.1. The van der Waals surface area contributed by atoms with Gasteiger partial charge in [-0.25, -0.2) is 4.79 Å². The molecule has 1 atom stereocenters. The molecule has 23 heavy (non-hydrogen) atoms. The van der Waals surface area contributed by atoms with Crippen LogP contribution in [0.4, 0.5) is 0 Å². The van der Waals surface area contributed by atoms with Gasteiger partial charge in [-0.1, -0.05) is 13.8 Å². The van der Waals surface area contributed by atoms with E-state index in [0.717, 1.165) is 13.1 Å². The molecular weight excluding hydrogens is 320 g/mol. The van der Waals surface area contributed by atoms with Gasteiger partial charge >= 0.3 is 5.97 Å². The predicted molar refractivity (Wildman–Crippen MR) is 91.7 cm³/mol. The number of esters is 1. The second kappa shape index (κ2) is 10.1. The maximum atomic E-state index is 12.7. The normalized spacial score (nSPS) is 18.2. The van der Waals surface area contributed by atoms with Gasteiger partial charge in [-0.05, 0) is 52.1 Å². The van der Waals surface area contributed by atoms with E-state index in [1.165, 1.54) is 0 Å². The van der Waals surface area contributed by atoms with Crippen LogP contribution >= 0.6 is 12.4 Å². The SMILES string of the molecule is COC1(C(=O)N[C@@H](CC(C)C)C(=O)OC(C)C)CCNCC1.Cl. The summed E-state index contributed by atoms with van der Waals surface area (Å²) in [5.41, 5.74) is -0.849. The minimum absolute atomic E-state index is 0. The zero-order valence-corrected chi connectivity index (χ0v) is 15.6. The fraction of sp³-hybridized carbons (Fsp3) is 0.875. The highest BCUT2D eigenvalue weighted by Gasteiger charge is 2.41. The maximum absolute atomic E-state index is 12.7. The Morgan fingerprint density at radius 3 is 2.17 bits per heavy atom. The Hall–Kier alpha value is -0.850. The molecule has 0 saturated carbocycles. The molecule has 0 unspecified atom stereocenters. The van der Waals surface area contributed by atoms with Crippen LogP contribution < -0.4 is 10.6 Å². The number of ether oxygens (including phenoxy) is 2. The number of piperidine rings is 1. The van der Waals surface area contributed by atoms with E-state index in [9.17, 15) is 9.59 Å². The standard InChI is InChI=1S/C16H30N2O4.ClH/c1-11(2)10-13(14(19)22-12(3)4)18-15(20)16(21-5)6-8-17-9-7-16;/h11-13,17H,6-10H2,1-5H3,(H,18,20);1H/t13-;/m0./s1. The van der Waals surface area contributed by atoms with Crippen molar-refractivity contribution in [2.75, 3.05) is 20.2 Å². The number of methoxy groups -OCH3 is 1. The van der Waals surface area contributed by atoms with Gasteiger partial charge in [-0.15, -0.1) is 12.4 Å². The lowest BCUT2D eigenvalue weighted by Crippen LogP contribution is -2.57. The van der Waals surface area contributed by atoms with E-state index in [0.29, 0.717) is 19.3 Å². The molecule has 1 amide bonds. The second-order valence-electron chi connectivity index (χ2n) is 6.59. The molecule has 6 nitrogen and oxygen atoms in total. The fourth-order valence-corrected chi connectivity index (χ4v) is 2.64. The third kappa shape index (κ3) is 6.65. The van der Waals surface area contributed by atoms with E-state index in [2.05, 4.69) is 10.6 Å². The van der Waals surface area contributed by atoms with E-state index < -0.39 is 11.6 Å². The lowest BCUT2D eigenvalue weighted by molar-refractivity contribution is -0.157. The third-order valence-corrected chi connectivity index (χ3v) is 3.86. The van der Waals surface area contributed by atoms with Gasteiger partial charge in [0.15, 0.2) is 0 Å². The van der Waals surface area contributed by atoms with Gasteiger partial charge in [0, 0.05) is 7.11 Å². The molecule has 1 rings (SSSR count). The molecule has 1 saturated heterocycles. The van der Waals surface area contributed by atoms with Crippen molar-refractivity contribution < 1.29 is 19.1 Å². The molecule has 0 radical (unpaired) electrons. The lowest BCUT2D eigenvalue weighted by Gasteiger charge is -2.36. The Morgan fingerprint density at radius 1 is 1.17 bits per heavy atom. The summed E-state index contributed by atoms with van der Waals surface area (Å²) < 4.78 is 10.8. The van der Waals surface area contributed by atoms with Crippen LogP contribution in [-0.4, -0.2) is 49.8 Å². The molecular formula is C16H31ClN2O4. The summed E-state index contributed by atoms with van der Waals surface area (Å²) >= 11 is 0. The first-order valence-electron chi connectivity index (χ1n) is 8.08. The van der Waals surface area contributed by atoms with Crippen LogP contribution in [0.25, 0.3) is 0 Å². The van der Waals surface area contributed by atoms with Crippen LogP contribution in [0.2, 0.25) is 0 Å². The van der Waals surface area contributed by atoms with Gasteiger partial charge in [0.1, 0.15) is 11.6 Å². The van der Waals surface area contributed by atoms with Crippen molar-refractivity contribution in [3.63, 3.8) is 0 Å². The van der Waals surface area contributed by atoms with Crippen LogP contribution in [0.5, 0.6) is 0 Å². The minimum Gasteiger partial charge on any atom is -0.461 e. The zero-order valence-electron chi connectivity index (χ0n) is 14.8. The van der Waals surface area contributed by atoms with Crippen LogP contribution in [-0.2, 0) is 19.1 Å². The van der Waals surface area contributed by atoms with E-state index in [4.69, 9.17) is 9.47 Å². The highest BCUT2D eigenvalue weighted by molar-refractivity contribution is 5.90. The van der Waals surface area contributed by atoms with Crippen molar-refractivity contribution in [2.24, 2.45) is 5.92 Å². The maximum Gasteiger partial charge on any atom is 0.328 e. The predicted octanol–water partition coefficient (Wildman–Crippen LogP) is 1.66. The Kier molecular flexibility index (Phi) is 9.73. The molecule has 1 aliphatic rings. The molecule has 0 spiro atoms. The monoisotopic (exact) mass is 350 g/mol. The quantitative estimate of drug-likeness (QED) is 0.683. The Bertz CT molecular complexity index is 382. The van der Waals surface area contributed by atoms with Crippen LogP contribution in [0.1, 0.15) is 47.0 Å². The summed E-state index contributed by atoms with van der Waals surface area (Å²) in [5, 5.41) is 6.06. The summed E-state index contributed by atoms with van der Waals surface area (Å²) in [6.07, 6.45) is 1.55. The van der Waals surface area contributed by atoms with Crippen molar-refractivity contribution in [3.05, 3.63) is 0 Å². The smallest absolute Gasteiger partial charge is 0.328 e. The van der Waals surface area contributed by atoms with Crippen molar-refractivity contribution in [1.82, 2.24) is 10.6 Å². The number of hydrogen-bond donors (Lipinski definition) is 2. The number of carbonyl (C=O) groups excluding carboxylic acids is 2. The Labute approximate surface area is 145 Å². The topological polar surface area (TPSA) is 76.7 Å². The van der Waals surface area contributed by atoms with Crippen molar-refractivity contribution in [2.45, 2.75) is 64.7 Å². The van der Waals surface area contributed by atoms with Crippen LogP contribution in [0.3, 0.4) is 0 Å². The van der Waals surface area contributed by atoms with Gasteiger partial charge < -0.3 is 20.1 Å². The van der Waals surface area contributed by atoms with Gasteiger partial charge in [0.25, 0.3) is 5.91 Å². The van der Waals surface area contributed by atoms with E-state index in [-0.39, 0.29) is 36.3 Å². The molecule has 1 fully saturated rings. The van der Waals surface area contributed by atoms with Gasteiger partial charge in [0.2, 0.25) is 0 Å². The van der Waals surface area contributed by atoms with Gasteiger partial charge in [-0.2, -0.15) is 0 Å². The molecule has 7 heteroatoms. The number of carbonyl (C=O) groups is 2. The molecule has 2 N–H and O–H groups in total. The molecule has 136 valence electrons. The summed E-state index contributed by atoms with van der Waals surface area (Å²) in [4.78, 5) is 24.9. The van der Waals surface area contributed by atoms with Gasteiger partial charge in [0.05, 0.1) is 6.10 Å². The summed E-state index contributed by atoms with van der Waals surface area (Å²) in [6, 6.07) is -0.628. The third-order valence-electron chi connectivity index (χ3n) is 3.86. The highest BCUT2D eigenvalue weighted by Crippen LogP contribution is 2.23. The summed E-state index contributed by atoms with van der Waals surface area (Å²) in [7, 11) is 1.55. The van der Waals surface area contributed by atoms with Crippen LogP contribution in [0.15, 0.2) is 0 Å². The average Bonchev–Trinajstić information content (AvgIpc) is 2.45. The molecule has 0 aromatic carbocycles. The number of nitrogens with one attached hydrogen (secondary N) is 2.